The van der Waals surface area contributed by atoms with Gasteiger partial charge in [0.15, 0.2) is 0 Å². The van der Waals surface area contributed by atoms with Crippen LogP contribution in [0.5, 0.6) is 0 Å². The van der Waals surface area contributed by atoms with Gasteiger partial charge in [-0.1, -0.05) is 13.0 Å². The summed E-state index contributed by atoms with van der Waals surface area (Å²) >= 11 is 0. The zero-order valence-electron chi connectivity index (χ0n) is 8.76. The van der Waals surface area contributed by atoms with Gasteiger partial charge >= 0.3 is 0 Å². The van der Waals surface area contributed by atoms with Crippen LogP contribution in [-0.4, -0.2) is 12.5 Å². The Hall–Kier alpha value is -1.51. The lowest BCUT2D eigenvalue weighted by Gasteiger charge is -2.33. The van der Waals surface area contributed by atoms with Crippen molar-refractivity contribution in [3.63, 3.8) is 0 Å². The molecule has 0 saturated carbocycles. The fraction of sp³-hybridized carbons (Fsp3) is 0.417. The van der Waals surface area contributed by atoms with E-state index in [1.165, 1.54) is 11.3 Å². The molecule has 15 heavy (non-hydrogen) atoms. The van der Waals surface area contributed by atoms with E-state index in [-0.39, 0.29) is 11.3 Å². The van der Waals surface area contributed by atoms with Gasteiger partial charge in [-0.2, -0.15) is 0 Å². The van der Waals surface area contributed by atoms with Crippen LogP contribution >= 0.6 is 0 Å². The first-order chi connectivity index (χ1) is 7.25. The molecule has 1 unspecified atom stereocenters. The van der Waals surface area contributed by atoms with Gasteiger partial charge < -0.3 is 10.6 Å². The average Bonchev–Trinajstić information content (AvgIpc) is 2.60. The molecular formula is C12H14N2O. The molecule has 1 amide bonds. The van der Waals surface area contributed by atoms with Crippen LogP contribution < -0.4 is 10.6 Å². The lowest BCUT2D eigenvalue weighted by Crippen LogP contribution is -2.37. The van der Waals surface area contributed by atoms with E-state index < -0.39 is 0 Å². The highest BCUT2D eigenvalue weighted by molar-refractivity contribution is 5.98. The molecule has 0 aliphatic carbocycles. The van der Waals surface area contributed by atoms with Crippen molar-refractivity contribution in [1.82, 2.24) is 0 Å². The summed E-state index contributed by atoms with van der Waals surface area (Å²) in [6.07, 6.45) is 1.62. The van der Waals surface area contributed by atoms with Crippen molar-refractivity contribution in [1.29, 1.82) is 0 Å². The first-order valence-electron chi connectivity index (χ1n) is 5.42. The Morgan fingerprint density at radius 2 is 2.20 bits per heavy atom. The van der Waals surface area contributed by atoms with Gasteiger partial charge in [-0.25, -0.2) is 0 Å². The highest BCUT2D eigenvalue weighted by Gasteiger charge is 2.43. The molecule has 0 saturated heterocycles. The molecule has 2 N–H and O–H groups in total. The molecule has 3 nitrogen and oxygen atoms in total. The fourth-order valence-electron chi connectivity index (χ4n) is 2.81. The number of benzene rings is 1. The summed E-state index contributed by atoms with van der Waals surface area (Å²) < 4.78 is 0. The molecule has 2 aliphatic rings. The minimum Gasteiger partial charge on any atom is -0.384 e. The van der Waals surface area contributed by atoms with Crippen LogP contribution in [0.15, 0.2) is 18.2 Å². The van der Waals surface area contributed by atoms with Crippen LogP contribution in [0.25, 0.3) is 0 Å². The molecule has 78 valence electrons. The topological polar surface area (TPSA) is 41.1 Å². The highest BCUT2D eigenvalue weighted by Crippen LogP contribution is 2.48. The smallest absolute Gasteiger partial charge is 0.225 e. The molecule has 1 aromatic carbocycles. The van der Waals surface area contributed by atoms with Crippen LogP contribution in [0, 0.1) is 0 Å². The van der Waals surface area contributed by atoms with Gasteiger partial charge in [-0.15, -0.1) is 0 Å². The van der Waals surface area contributed by atoms with Crippen LogP contribution in [0.3, 0.4) is 0 Å². The maximum absolute atomic E-state index is 11.6. The SMILES string of the molecule is CCC12CNc3cccc(c31)NC(=O)C2. The van der Waals surface area contributed by atoms with Gasteiger partial charge in [0.05, 0.1) is 0 Å². The zero-order valence-corrected chi connectivity index (χ0v) is 8.76. The highest BCUT2D eigenvalue weighted by atomic mass is 16.1. The number of nitrogens with one attached hydrogen (secondary N) is 2. The van der Waals surface area contributed by atoms with Crippen molar-refractivity contribution in [3.8, 4) is 0 Å². The summed E-state index contributed by atoms with van der Waals surface area (Å²) in [5.41, 5.74) is 3.53. The molecular weight excluding hydrogens is 188 g/mol. The molecule has 0 spiro atoms. The van der Waals surface area contributed by atoms with Gasteiger partial charge in [-0.05, 0) is 18.6 Å². The minimum atomic E-state index is 0.0360. The number of carbonyl (C=O) groups excluding carboxylic acids is 1. The van der Waals surface area contributed by atoms with Gasteiger partial charge in [0.2, 0.25) is 5.91 Å². The summed E-state index contributed by atoms with van der Waals surface area (Å²) in [5, 5.41) is 6.35. The van der Waals surface area contributed by atoms with Crippen molar-refractivity contribution >= 4 is 17.3 Å². The number of carbonyl (C=O) groups is 1. The van der Waals surface area contributed by atoms with Gasteiger partial charge in [0, 0.05) is 35.3 Å². The normalized spacial score (nSPS) is 26.9. The summed E-state index contributed by atoms with van der Waals surface area (Å²) in [7, 11) is 0. The second-order valence-electron chi connectivity index (χ2n) is 4.44. The van der Waals surface area contributed by atoms with E-state index in [2.05, 4.69) is 23.6 Å². The minimum absolute atomic E-state index is 0.0360. The standard InChI is InChI=1S/C12H14N2O/c1-2-12-6-10(15)14-9-5-3-4-8(11(9)12)13-7-12/h3-5,13H,2,6-7H2,1H3,(H,14,15). The number of rotatable bonds is 1. The van der Waals surface area contributed by atoms with Crippen LogP contribution in [-0.2, 0) is 10.2 Å². The molecule has 2 aliphatic heterocycles. The number of hydrogen-bond acceptors (Lipinski definition) is 2. The predicted molar refractivity (Wildman–Crippen MR) is 60.1 cm³/mol. The van der Waals surface area contributed by atoms with Crippen molar-refractivity contribution in [2.45, 2.75) is 25.2 Å². The second-order valence-corrected chi connectivity index (χ2v) is 4.44. The maximum atomic E-state index is 11.6. The van der Waals surface area contributed by atoms with E-state index >= 15 is 0 Å². The van der Waals surface area contributed by atoms with Crippen LogP contribution in [0.4, 0.5) is 11.4 Å². The lowest BCUT2D eigenvalue weighted by atomic mass is 9.74. The summed E-state index contributed by atoms with van der Waals surface area (Å²) in [5.74, 6) is 0.144. The third-order valence-electron chi connectivity index (χ3n) is 3.66. The quantitative estimate of drug-likeness (QED) is 0.732. The van der Waals surface area contributed by atoms with E-state index in [0.717, 1.165) is 18.7 Å². The van der Waals surface area contributed by atoms with Gasteiger partial charge in [-0.3, -0.25) is 4.79 Å². The first kappa shape index (κ1) is 8.77. The molecule has 3 rings (SSSR count). The Bertz CT molecular complexity index is 441. The maximum Gasteiger partial charge on any atom is 0.225 e. The van der Waals surface area contributed by atoms with Crippen molar-refractivity contribution in [2.24, 2.45) is 0 Å². The van der Waals surface area contributed by atoms with Gasteiger partial charge in [0.1, 0.15) is 0 Å². The Morgan fingerprint density at radius 1 is 1.40 bits per heavy atom. The Labute approximate surface area is 88.9 Å². The summed E-state index contributed by atoms with van der Waals surface area (Å²) in [6, 6.07) is 6.07. The molecule has 2 heterocycles. The largest absolute Gasteiger partial charge is 0.384 e. The fourth-order valence-corrected chi connectivity index (χ4v) is 2.81. The average molecular weight is 202 g/mol. The summed E-state index contributed by atoms with van der Waals surface area (Å²) in [6.45, 7) is 3.05. The molecule has 0 fully saturated rings. The molecule has 1 aromatic rings. The molecule has 0 aromatic heterocycles. The molecule has 3 heteroatoms. The molecule has 1 atom stereocenters. The number of anilines is 2. The van der Waals surface area contributed by atoms with E-state index in [1.54, 1.807) is 0 Å². The van der Waals surface area contributed by atoms with E-state index in [9.17, 15) is 4.79 Å². The predicted octanol–water partition coefficient (Wildman–Crippen LogP) is 2.10. The zero-order chi connectivity index (χ0) is 10.5. The third-order valence-corrected chi connectivity index (χ3v) is 3.66. The Kier molecular flexibility index (Phi) is 1.61. The lowest BCUT2D eigenvalue weighted by molar-refractivity contribution is -0.117. The van der Waals surface area contributed by atoms with Crippen LogP contribution in [0.1, 0.15) is 25.3 Å². The van der Waals surface area contributed by atoms with E-state index in [1.807, 2.05) is 12.1 Å². The van der Waals surface area contributed by atoms with E-state index in [0.29, 0.717) is 6.42 Å². The van der Waals surface area contributed by atoms with Crippen molar-refractivity contribution < 1.29 is 4.79 Å². The molecule has 0 radical (unpaired) electrons. The second kappa shape index (κ2) is 2.75. The Morgan fingerprint density at radius 3 is 3.00 bits per heavy atom. The van der Waals surface area contributed by atoms with Crippen LogP contribution in [0.2, 0.25) is 0 Å². The van der Waals surface area contributed by atoms with Crippen molar-refractivity contribution in [2.75, 3.05) is 17.2 Å². The summed E-state index contributed by atoms with van der Waals surface area (Å²) in [4.78, 5) is 11.6. The number of amides is 1. The van der Waals surface area contributed by atoms with Crippen molar-refractivity contribution in [3.05, 3.63) is 23.8 Å². The first-order valence-corrected chi connectivity index (χ1v) is 5.42. The monoisotopic (exact) mass is 202 g/mol. The third kappa shape index (κ3) is 1.03. The van der Waals surface area contributed by atoms with Gasteiger partial charge in [0.25, 0.3) is 0 Å². The number of hydrogen-bond donors (Lipinski definition) is 2. The Balaban J connectivity index is 2.25. The molecule has 0 bridgehead atoms. The van der Waals surface area contributed by atoms with E-state index in [4.69, 9.17) is 0 Å².